The van der Waals surface area contributed by atoms with Gasteiger partial charge in [-0.15, -0.1) is 0 Å². The molecule has 2 heterocycles. The van der Waals surface area contributed by atoms with Gasteiger partial charge in [-0.3, -0.25) is 9.59 Å². The predicted molar refractivity (Wildman–Crippen MR) is 101 cm³/mol. The third kappa shape index (κ3) is 3.64. The SMILES string of the molecule is CNc1ncccc1C(=O)N1CC[C@](Cc2ccccc2)(C(=O)O)[C@H](O)C1. The molecule has 2 aromatic rings. The fraction of sp³-hybridized carbons (Fsp3) is 0.350. The van der Waals surface area contributed by atoms with Crippen LogP contribution < -0.4 is 5.32 Å². The molecule has 0 spiro atoms. The van der Waals surface area contributed by atoms with E-state index in [-0.39, 0.29) is 31.8 Å². The first kappa shape index (κ1) is 18.8. The van der Waals surface area contributed by atoms with E-state index in [0.717, 1.165) is 5.56 Å². The number of piperidine rings is 1. The van der Waals surface area contributed by atoms with Crippen LogP contribution in [0.15, 0.2) is 48.7 Å². The Labute approximate surface area is 157 Å². The molecule has 0 bridgehead atoms. The molecular formula is C20H23N3O4. The molecule has 3 rings (SSSR count). The highest BCUT2D eigenvalue weighted by Gasteiger charge is 2.49. The van der Waals surface area contributed by atoms with Crippen LogP contribution in [0.5, 0.6) is 0 Å². The number of rotatable bonds is 5. The average molecular weight is 369 g/mol. The minimum atomic E-state index is -1.31. The van der Waals surface area contributed by atoms with E-state index in [1.165, 1.54) is 4.90 Å². The van der Waals surface area contributed by atoms with Crippen molar-refractivity contribution in [2.75, 3.05) is 25.5 Å². The number of aliphatic carboxylic acids is 1. The lowest BCUT2D eigenvalue weighted by Crippen LogP contribution is -2.57. The van der Waals surface area contributed by atoms with Crippen molar-refractivity contribution in [2.45, 2.75) is 18.9 Å². The quantitative estimate of drug-likeness (QED) is 0.740. The normalized spacial score (nSPS) is 22.3. The van der Waals surface area contributed by atoms with Gasteiger partial charge in [-0.2, -0.15) is 0 Å². The van der Waals surface area contributed by atoms with Crippen LogP contribution in [-0.2, 0) is 11.2 Å². The highest BCUT2D eigenvalue weighted by atomic mass is 16.4. The van der Waals surface area contributed by atoms with Crippen molar-refractivity contribution in [2.24, 2.45) is 5.41 Å². The van der Waals surface area contributed by atoms with Gasteiger partial charge in [-0.1, -0.05) is 30.3 Å². The van der Waals surface area contributed by atoms with Crippen LogP contribution in [0.2, 0.25) is 0 Å². The Morgan fingerprint density at radius 3 is 2.63 bits per heavy atom. The topological polar surface area (TPSA) is 103 Å². The van der Waals surface area contributed by atoms with Crippen molar-refractivity contribution < 1.29 is 19.8 Å². The van der Waals surface area contributed by atoms with Gasteiger partial charge in [0.25, 0.3) is 5.91 Å². The number of pyridine rings is 1. The molecule has 1 fully saturated rings. The van der Waals surface area contributed by atoms with Crippen LogP contribution >= 0.6 is 0 Å². The van der Waals surface area contributed by atoms with Gasteiger partial charge in [0, 0.05) is 26.3 Å². The number of hydrogen-bond acceptors (Lipinski definition) is 5. The summed E-state index contributed by atoms with van der Waals surface area (Å²) in [4.78, 5) is 30.5. The number of amides is 1. The zero-order chi connectivity index (χ0) is 19.4. The second kappa shape index (κ2) is 7.75. The van der Waals surface area contributed by atoms with Gasteiger partial charge in [-0.05, 0) is 30.5 Å². The molecule has 1 aliphatic rings. The largest absolute Gasteiger partial charge is 0.481 e. The Morgan fingerprint density at radius 2 is 2.00 bits per heavy atom. The van der Waals surface area contributed by atoms with E-state index in [1.807, 2.05) is 30.3 Å². The molecule has 0 aliphatic carbocycles. The first-order chi connectivity index (χ1) is 13.0. The number of carboxylic acids is 1. The number of aliphatic hydroxyl groups is 1. The smallest absolute Gasteiger partial charge is 0.312 e. The summed E-state index contributed by atoms with van der Waals surface area (Å²) in [7, 11) is 1.68. The maximum absolute atomic E-state index is 12.9. The Bertz CT molecular complexity index is 827. The summed E-state index contributed by atoms with van der Waals surface area (Å²) < 4.78 is 0. The molecule has 0 saturated carbocycles. The summed E-state index contributed by atoms with van der Waals surface area (Å²) in [6.07, 6.45) is 0.825. The number of carboxylic acid groups (broad SMARTS) is 1. The Kier molecular flexibility index (Phi) is 5.41. The van der Waals surface area contributed by atoms with E-state index in [0.29, 0.717) is 11.4 Å². The van der Waals surface area contributed by atoms with E-state index in [2.05, 4.69) is 10.3 Å². The van der Waals surface area contributed by atoms with Crippen LogP contribution in [0, 0.1) is 5.41 Å². The lowest BCUT2D eigenvalue weighted by Gasteiger charge is -2.43. The average Bonchev–Trinajstić information content (AvgIpc) is 2.69. The fourth-order valence-electron chi connectivity index (χ4n) is 3.60. The number of carbonyl (C=O) groups is 2. The van der Waals surface area contributed by atoms with E-state index in [4.69, 9.17) is 0 Å². The number of nitrogens with zero attached hydrogens (tertiary/aromatic N) is 2. The number of nitrogens with one attached hydrogen (secondary N) is 1. The summed E-state index contributed by atoms with van der Waals surface area (Å²) in [6, 6.07) is 12.6. The first-order valence-electron chi connectivity index (χ1n) is 8.85. The minimum Gasteiger partial charge on any atom is -0.481 e. The van der Waals surface area contributed by atoms with Gasteiger partial charge < -0.3 is 20.4 Å². The van der Waals surface area contributed by atoms with E-state index in [1.54, 1.807) is 25.4 Å². The molecule has 1 aliphatic heterocycles. The van der Waals surface area contributed by atoms with Crippen molar-refractivity contribution in [3.05, 3.63) is 59.8 Å². The molecule has 0 radical (unpaired) electrons. The summed E-state index contributed by atoms with van der Waals surface area (Å²) in [5.41, 5.74) is -0.0552. The zero-order valence-electron chi connectivity index (χ0n) is 15.1. The fourth-order valence-corrected chi connectivity index (χ4v) is 3.60. The van der Waals surface area contributed by atoms with E-state index < -0.39 is 17.5 Å². The number of carbonyl (C=O) groups excluding carboxylic acids is 1. The number of β-amino-alcohol motifs (C(OH)–C–C–N with tert-alkyl or cyclic N) is 1. The summed E-state index contributed by atoms with van der Waals surface area (Å²) in [5.74, 6) is -0.857. The molecule has 142 valence electrons. The van der Waals surface area contributed by atoms with Gasteiger partial charge in [0.05, 0.1) is 11.7 Å². The third-order valence-electron chi connectivity index (χ3n) is 5.21. The van der Waals surface area contributed by atoms with E-state index in [9.17, 15) is 19.8 Å². The lowest BCUT2D eigenvalue weighted by atomic mass is 9.71. The van der Waals surface area contributed by atoms with Gasteiger partial charge in [0.2, 0.25) is 0 Å². The highest BCUT2D eigenvalue weighted by molar-refractivity contribution is 5.98. The standard InChI is InChI=1S/C20H23N3O4/c1-21-17-15(8-5-10-22-17)18(25)23-11-9-20(19(26)27,16(24)13-23)12-14-6-3-2-4-7-14/h2-8,10,16,24H,9,11-13H2,1H3,(H,21,22)(H,26,27)/t16-,20-/m1/s1. The Balaban J connectivity index is 1.81. The van der Waals surface area contributed by atoms with Gasteiger partial charge in [0.15, 0.2) is 0 Å². The van der Waals surface area contributed by atoms with Crippen molar-refractivity contribution in [3.63, 3.8) is 0 Å². The predicted octanol–water partition coefficient (Wildman–Crippen LogP) is 1.64. The first-order valence-corrected chi connectivity index (χ1v) is 8.85. The molecule has 1 aromatic carbocycles. The molecule has 1 aromatic heterocycles. The number of anilines is 1. The number of hydrogen-bond donors (Lipinski definition) is 3. The zero-order valence-corrected chi connectivity index (χ0v) is 15.1. The number of aliphatic hydroxyl groups excluding tert-OH is 1. The van der Waals surface area contributed by atoms with Crippen LogP contribution in [0.1, 0.15) is 22.3 Å². The third-order valence-corrected chi connectivity index (χ3v) is 5.21. The van der Waals surface area contributed by atoms with Crippen molar-refractivity contribution >= 4 is 17.7 Å². The van der Waals surface area contributed by atoms with Crippen molar-refractivity contribution in [1.82, 2.24) is 9.88 Å². The van der Waals surface area contributed by atoms with E-state index >= 15 is 0 Å². The monoisotopic (exact) mass is 369 g/mol. The Hall–Kier alpha value is -2.93. The molecule has 7 nitrogen and oxygen atoms in total. The maximum atomic E-state index is 12.9. The lowest BCUT2D eigenvalue weighted by molar-refractivity contribution is -0.161. The highest BCUT2D eigenvalue weighted by Crippen LogP contribution is 2.36. The summed E-state index contributed by atoms with van der Waals surface area (Å²) >= 11 is 0. The van der Waals surface area contributed by atoms with Crippen LogP contribution in [0.4, 0.5) is 5.82 Å². The molecule has 1 saturated heterocycles. The Morgan fingerprint density at radius 1 is 1.26 bits per heavy atom. The maximum Gasteiger partial charge on any atom is 0.312 e. The van der Waals surface area contributed by atoms with Gasteiger partial charge >= 0.3 is 5.97 Å². The molecular weight excluding hydrogens is 346 g/mol. The number of aromatic nitrogens is 1. The van der Waals surface area contributed by atoms with Gasteiger partial charge in [0.1, 0.15) is 11.2 Å². The second-order valence-corrected chi connectivity index (χ2v) is 6.79. The number of likely N-dealkylation sites (tertiary alicyclic amines) is 1. The molecule has 1 amide bonds. The molecule has 0 unspecified atom stereocenters. The number of benzene rings is 1. The minimum absolute atomic E-state index is 0.0317. The van der Waals surface area contributed by atoms with Crippen LogP contribution in [0.3, 0.4) is 0 Å². The van der Waals surface area contributed by atoms with Gasteiger partial charge in [-0.25, -0.2) is 4.98 Å². The second-order valence-electron chi connectivity index (χ2n) is 6.79. The van der Waals surface area contributed by atoms with Crippen molar-refractivity contribution in [1.29, 1.82) is 0 Å². The van der Waals surface area contributed by atoms with Crippen LogP contribution in [0.25, 0.3) is 0 Å². The van der Waals surface area contributed by atoms with Crippen molar-refractivity contribution in [3.8, 4) is 0 Å². The molecule has 7 heteroatoms. The summed E-state index contributed by atoms with van der Waals surface area (Å²) in [6.45, 7) is 0.225. The summed E-state index contributed by atoms with van der Waals surface area (Å²) in [5, 5.41) is 23.5. The molecule has 3 N–H and O–H groups in total. The molecule has 27 heavy (non-hydrogen) atoms. The van der Waals surface area contributed by atoms with Crippen LogP contribution in [-0.4, -0.2) is 58.2 Å². The molecule has 2 atom stereocenters.